The third-order valence-corrected chi connectivity index (χ3v) is 3.93. The van der Waals surface area contributed by atoms with Crippen molar-refractivity contribution in [3.8, 4) is 5.75 Å². The van der Waals surface area contributed by atoms with Crippen LogP contribution in [0.5, 0.6) is 5.75 Å². The first-order valence-electron chi connectivity index (χ1n) is 6.07. The Kier molecular flexibility index (Phi) is 4.98. The molecular formula is C15H15F2NOS. The number of halogens is 2. The number of hydrogen-bond acceptors (Lipinski definition) is 3. The first-order valence-corrected chi connectivity index (χ1v) is 7.06. The quantitative estimate of drug-likeness (QED) is 0.854. The van der Waals surface area contributed by atoms with Crippen LogP contribution in [0.4, 0.5) is 8.78 Å². The van der Waals surface area contributed by atoms with Gasteiger partial charge in [0.15, 0.2) is 11.6 Å². The molecule has 0 fully saturated rings. The topological polar surface area (TPSA) is 35.2 Å². The zero-order chi connectivity index (χ0) is 14.5. The summed E-state index contributed by atoms with van der Waals surface area (Å²) in [5, 5.41) is 0. The third kappa shape index (κ3) is 3.49. The highest BCUT2D eigenvalue weighted by molar-refractivity contribution is 7.98. The maximum atomic E-state index is 13.1. The number of hydrogen-bond donors (Lipinski definition) is 1. The summed E-state index contributed by atoms with van der Waals surface area (Å²) in [4.78, 5) is 0.686. The lowest BCUT2D eigenvalue weighted by Gasteiger charge is -2.09. The molecule has 106 valence electrons. The van der Waals surface area contributed by atoms with Gasteiger partial charge < -0.3 is 10.5 Å². The Morgan fingerprint density at radius 1 is 1.10 bits per heavy atom. The maximum absolute atomic E-state index is 13.1. The van der Waals surface area contributed by atoms with Gasteiger partial charge in [0, 0.05) is 22.8 Å². The van der Waals surface area contributed by atoms with Gasteiger partial charge in [-0.1, -0.05) is 12.1 Å². The van der Waals surface area contributed by atoms with Crippen molar-refractivity contribution >= 4 is 11.8 Å². The summed E-state index contributed by atoms with van der Waals surface area (Å²) < 4.78 is 31.2. The Labute approximate surface area is 120 Å². The van der Waals surface area contributed by atoms with Crippen molar-refractivity contribution in [2.75, 3.05) is 7.11 Å². The van der Waals surface area contributed by atoms with E-state index in [1.54, 1.807) is 13.2 Å². The summed E-state index contributed by atoms with van der Waals surface area (Å²) in [6.45, 7) is 0.416. The molecule has 0 heterocycles. The van der Waals surface area contributed by atoms with Crippen molar-refractivity contribution in [3.05, 3.63) is 59.2 Å². The number of thioether (sulfide) groups is 1. The van der Waals surface area contributed by atoms with Crippen LogP contribution >= 0.6 is 11.8 Å². The van der Waals surface area contributed by atoms with Gasteiger partial charge in [-0.25, -0.2) is 8.78 Å². The van der Waals surface area contributed by atoms with Crippen LogP contribution < -0.4 is 10.5 Å². The van der Waals surface area contributed by atoms with Crippen LogP contribution in [0, 0.1) is 11.6 Å². The smallest absolute Gasteiger partial charge is 0.159 e. The highest BCUT2D eigenvalue weighted by Crippen LogP contribution is 2.27. The van der Waals surface area contributed by atoms with Gasteiger partial charge in [-0.2, -0.15) is 0 Å². The molecule has 2 aromatic carbocycles. The fourth-order valence-corrected chi connectivity index (χ4v) is 2.64. The van der Waals surface area contributed by atoms with Crippen molar-refractivity contribution in [2.45, 2.75) is 17.2 Å². The van der Waals surface area contributed by atoms with Crippen molar-refractivity contribution in [3.63, 3.8) is 0 Å². The van der Waals surface area contributed by atoms with Crippen molar-refractivity contribution < 1.29 is 13.5 Å². The first-order chi connectivity index (χ1) is 9.63. The summed E-state index contributed by atoms with van der Waals surface area (Å²) >= 11 is 1.44. The van der Waals surface area contributed by atoms with Crippen LogP contribution in [-0.4, -0.2) is 7.11 Å². The van der Waals surface area contributed by atoms with Gasteiger partial charge in [0.1, 0.15) is 5.75 Å². The second kappa shape index (κ2) is 6.72. The minimum Gasteiger partial charge on any atom is -0.496 e. The second-order valence-electron chi connectivity index (χ2n) is 4.21. The summed E-state index contributed by atoms with van der Waals surface area (Å²) in [5.74, 6) is -0.267. The summed E-state index contributed by atoms with van der Waals surface area (Å²) in [7, 11) is 1.60. The molecule has 2 aromatic rings. The van der Waals surface area contributed by atoms with Crippen LogP contribution in [0.15, 0.2) is 41.3 Å². The maximum Gasteiger partial charge on any atom is 0.159 e. The van der Waals surface area contributed by atoms with Crippen LogP contribution in [0.3, 0.4) is 0 Å². The van der Waals surface area contributed by atoms with Gasteiger partial charge in [-0.15, -0.1) is 11.8 Å². The van der Waals surface area contributed by atoms with E-state index in [4.69, 9.17) is 10.5 Å². The molecule has 2 rings (SSSR count). The van der Waals surface area contributed by atoms with Gasteiger partial charge in [-0.3, -0.25) is 0 Å². The standard InChI is InChI=1S/C15H15F2NOS/c1-19-15-6-10(2-3-11(15)8-18)9-20-12-4-5-13(16)14(17)7-12/h2-7H,8-9,18H2,1H3. The van der Waals surface area contributed by atoms with Gasteiger partial charge in [0.05, 0.1) is 7.11 Å². The van der Waals surface area contributed by atoms with Crippen LogP contribution in [0.2, 0.25) is 0 Å². The van der Waals surface area contributed by atoms with Gasteiger partial charge in [-0.05, 0) is 29.8 Å². The van der Waals surface area contributed by atoms with Crippen molar-refractivity contribution in [1.29, 1.82) is 0 Å². The highest BCUT2D eigenvalue weighted by atomic mass is 32.2. The van der Waals surface area contributed by atoms with E-state index < -0.39 is 11.6 Å². The zero-order valence-corrected chi connectivity index (χ0v) is 11.8. The zero-order valence-electron chi connectivity index (χ0n) is 11.0. The molecule has 2 nitrogen and oxygen atoms in total. The molecule has 0 radical (unpaired) electrons. The Bertz CT molecular complexity index is 604. The lowest BCUT2D eigenvalue weighted by molar-refractivity contribution is 0.409. The summed E-state index contributed by atoms with van der Waals surface area (Å²) in [6, 6.07) is 9.68. The first kappa shape index (κ1) is 14.8. The minimum atomic E-state index is -0.830. The van der Waals surface area contributed by atoms with E-state index >= 15 is 0 Å². The van der Waals surface area contributed by atoms with Crippen LogP contribution in [-0.2, 0) is 12.3 Å². The largest absolute Gasteiger partial charge is 0.496 e. The van der Waals surface area contributed by atoms with Crippen LogP contribution in [0.1, 0.15) is 11.1 Å². The molecule has 0 aliphatic rings. The number of methoxy groups -OCH3 is 1. The third-order valence-electron chi connectivity index (χ3n) is 2.87. The molecule has 0 aliphatic heterocycles. The van der Waals surface area contributed by atoms with E-state index in [0.717, 1.165) is 22.9 Å². The molecule has 0 atom stereocenters. The SMILES string of the molecule is COc1cc(CSc2ccc(F)c(F)c2)ccc1CN. The predicted octanol–water partition coefficient (Wildman–Crippen LogP) is 3.72. The second-order valence-corrected chi connectivity index (χ2v) is 5.26. The highest BCUT2D eigenvalue weighted by Gasteiger charge is 2.06. The van der Waals surface area contributed by atoms with E-state index in [0.29, 0.717) is 17.2 Å². The molecule has 0 amide bonds. The Hall–Kier alpha value is -1.59. The summed E-state index contributed by atoms with van der Waals surface area (Å²) in [6.07, 6.45) is 0. The van der Waals surface area contributed by atoms with E-state index in [1.165, 1.54) is 17.8 Å². The van der Waals surface area contributed by atoms with E-state index in [1.807, 2.05) is 18.2 Å². The Balaban J connectivity index is 2.08. The monoisotopic (exact) mass is 295 g/mol. The predicted molar refractivity (Wildman–Crippen MR) is 76.8 cm³/mol. The van der Waals surface area contributed by atoms with E-state index in [-0.39, 0.29) is 0 Å². The lowest BCUT2D eigenvalue weighted by atomic mass is 10.1. The number of nitrogens with two attached hydrogens (primary N) is 1. The number of benzene rings is 2. The molecule has 0 aliphatic carbocycles. The molecule has 0 aromatic heterocycles. The van der Waals surface area contributed by atoms with Gasteiger partial charge >= 0.3 is 0 Å². The molecule has 0 spiro atoms. The average Bonchev–Trinajstić information content (AvgIpc) is 2.48. The van der Waals surface area contributed by atoms with Gasteiger partial charge in [0.2, 0.25) is 0 Å². The van der Waals surface area contributed by atoms with Crippen molar-refractivity contribution in [1.82, 2.24) is 0 Å². The Morgan fingerprint density at radius 3 is 2.55 bits per heavy atom. The molecule has 0 unspecified atom stereocenters. The fraction of sp³-hybridized carbons (Fsp3) is 0.200. The van der Waals surface area contributed by atoms with E-state index in [2.05, 4.69) is 0 Å². The lowest BCUT2D eigenvalue weighted by Crippen LogP contribution is -2.00. The molecular weight excluding hydrogens is 280 g/mol. The molecule has 2 N–H and O–H groups in total. The Morgan fingerprint density at radius 2 is 1.90 bits per heavy atom. The average molecular weight is 295 g/mol. The molecule has 0 saturated heterocycles. The number of ether oxygens (including phenoxy) is 1. The van der Waals surface area contributed by atoms with Crippen molar-refractivity contribution in [2.24, 2.45) is 5.73 Å². The molecule has 20 heavy (non-hydrogen) atoms. The van der Waals surface area contributed by atoms with E-state index in [9.17, 15) is 8.78 Å². The molecule has 0 bridgehead atoms. The van der Waals surface area contributed by atoms with Gasteiger partial charge in [0.25, 0.3) is 0 Å². The fourth-order valence-electron chi connectivity index (χ4n) is 1.78. The minimum absolute atomic E-state index is 0.416. The molecule has 5 heteroatoms. The van der Waals surface area contributed by atoms with Crippen LogP contribution in [0.25, 0.3) is 0 Å². The summed E-state index contributed by atoms with van der Waals surface area (Å²) in [5.41, 5.74) is 7.58. The number of rotatable bonds is 5. The normalized spacial score (nSPS) is 10.6. The molecule has 0 saturated carbocycles.